The van der Waals surface area contributed by atoms with E-state index in [1.165, 1.54) is 12.1 Å². The number of benzene rings is 1. The lowest BCUT2D eigenvalue weighted by Gasteiger charge is -2.08. The van der Waals surface area contributed by atoms with Crippen molar-refractivity contribution in [3.8, 4) is 33.9 Å². The lowest BCUT2D eigenvalue weighted by atomic mass is 10.0. The van der Waals surface area contributed by atoms with E-state index in [-0.39, 0.29) is 17.2 Å². The van der Waals surface area contributed by atoms with Gasteiger partial charge in [-0.2, -0.15) is 5.10 Å². The van der Waals surface area contributed by atoms with E-state index in [2.05, 4.69) is 30.1 Å². The molecule has 38 heavy (non-hydrogen) atoms. The van der Waals surface area contributed by atoms with Crippen LogP contribution in [0, 0.1) is 5.82 Å². The number of hydrogen-bond donors (Lipinski definition) is 2. The van der Waals surface area contributed by atoms with Crippen LogP contribution >= 0.6 is 0 Å². The Balaban J connectivity index is 1.52. The van der Waals surface area contributed by atoms with Gasteiger partial charge in [-0.15, -0.1) is 0 Å². The molecule has 0 atom stereocenters. The average Bonchev–Trinajstić information content (AvgIpc) is 3.59. The number of nitrogens with one attached hydrogen (secondary N) is 2. The maximum atomic E-state index is 13.5. The predicted octanol–water partition coefficient (Wildman–Crippen LogP) is 3.38. The van der Waals surface area contributed by atoms with Gasteiger partial charge in [0.2, 0.25) is 25.0 Å². The van der Waals surface area contributed by atoms with E-state index in [0.717, 1.165) is 35.2 Å². The maximum absolute atomic E-state index is 13.5. The molecule has 0 aliphatic heterocycles. The molecule has 1 aromatic carbocycles. The van der Waals surface area contributed by atoms with Crippen molar-refractivity contribution in [1.82, 2.24) is 34.1 Å². The Bertz CT molecular complexity index is 2090. The normalized spacial score (nSPS) is 12.5. The molecule has 0 fully saturated rings. The predicted molar refractivity (Wildman–Crippen MR) is 139 cm³/mol. The van der Waals surface area contributed by atoms with E-state index in [1.54, 1.807) is 30.5 Å². The monoisotopic (exact) mass is 551 g/mol. The van der Waals surface area contributed by atoms with Crippen LogP contribution in [0.2, 0.25) is 0 Å². The summed E-state index contributed by atoms with van der Waals surface area (Å²) in [5.74, 6) is -0.334. The number of pyridine rings is 2. The van der Waals surface area contributed by atoms with Crippen LogP contribution in [0.3, 0.4) is 0 Å². The largest absolute Gasteiger partial charge is 0.338 e. The van der Waals surface area contributed by atoms with Crippen molar-refractivity contribution in [3.05, 3.63) is 66.7 Å². The first-order valence-corrected chi connectivity index (χ1v) is 14.8. The molecule has 192 valence electrons. The second-order valence-electron chi connectivity index (χ2n) is 8.70. The van der Waals surface area contributed by atoms with Crippen molar-refractivity contribution < 1.29 is 21.2 Å². The van der Waals surface area contributed by atoms with Crippen LogP contribution in [-0.2, 0) is 19.9 Å². The van der Waals surface area contributed by atoms with Crippen LogP contribution in [0.1, 0.15) is 0 Å². The summed E-state index contributed by atoms with van der Waals surface area (Å²) in [4.78, 5) is 16.1. The highest BCUT2D eigenvalue weighted by Crippen LogP contribution is 2.34. The van der Waals surface area contributed by atoms with E-state index in [4.69, 9.17) is 0 Å². The van der Waals surface area contributed by atoms with Gasteiger partial charge in [0.15, 0.2) is 0 Å². The number of hydrogen-bond acceptors (Lipinski definition) is 8. The van der Waals surface area contributed by atoms with Gasteiger partial charge in [-0.3, -0.25) is 5.10 Å². The van der Waals surface area contributed by atoms with Crippen molar-refractivity contribution in [2.45, 2.75) is 5.16 Å². The standard InChI is InChI=1S/C24H18FN7O4S2/c1-37(33,34)24-27-12-20(32(24)38(2,35)36)17-7-8-18-21(28-17)22(31-30-18)19-11-16-15(9-10-26-23(16)29-19)13-3-5-14(25)6-4-13/h3-12H,1-2H3,(H,26,29)(H,30,31). The lowest BCUT2D eigenvalue weighted by molar-refractivity contribution is 0.574. The van der Waals surface area contributed by atoms with Gasteiger partial charge < -0.3 is 4.98 Å². The highest BCUT2D eigenvalue weighted by Gasteiger charge is 2.27. The minimum absolute atomic E-state index is 0.00103. The maximum Gasteiger partial charge on any atom is 0.241 e. The molecule has 6 rings (SSSR count). The Hall–Kier alpha value is -4.43. The Morgan fingerprint density at radius 3 is 2.42 bits per heavy atom. The topological polar surface area (TPSA) is 156 Å². The Morgan fingerprint density at radius 1 is 0.947 bits per heavy atom. The summed E-state index contributed by atoms with van der Waals surface area (Å²) < 4.78 is 63.5. The van der Waals surface area contributed by atoms with Crippen molar-refractivity contribution in [1.29, 1.82) is 0 Å². The molecule has 14 heteroatoms. The zero-order valence-electron chi connectivity index (χ0n) is 19.8. The van der Waals surface area contributed by atoms with Gasteiger partial charge in [-0.1, -0.05) is 12.1 Å². The summed E-state index contributed by atoms with van der Waals surface area (Å²) in [7, 11) is -7.97. The number of fused-ring (bicyclic) bond motifs is 2. The molecule has 0 saturated heterocycles. The summed E-state index contributed by atoms with van der Waals surface area (Å²) in [6, 6.07) is 13.0. The van der Waals surface area contributed by atoms with Crippen molar-refractivity contribution in [2.24, 2.45) is 0 Å². The average molecular weight is 552 g/mol. The van der Waals surface area contributed by atoms with Crippen LogP contribution in [-0.4, -0.2) is 63.5 Å². The van der Waals surface area contributed by atoms with E-state index in [1.807, 2.05) is 12.1 Å². The van der Waals surface area contributed by atoms with Crippen LogP contribution in [0.4, 0.5) is 4.39 Å². The first kappa shape index (κ1) is 23.9. The number of halogens is 1. The Labute approximate surface area is 215 Å². The summed E-state index contributed by atoms with van der Waals surface area (Å²) in [5, 5.41) is 7.49. The quantitative estimate of drug-likeness (QED) is 0.330. The molecule has 0 bridgehead atoms. The third-order valence-corrected chi connectivity index (χ3v) is 8.07. The van der Waals surface area contributed by atoms with Crippen molar-refractivity contribution >= 4 is 41.9 Å². The molecule has 5 aromatic heterocycles. The van der Waals surface area contributed by atoms with E-state index < -0.39 is 25.0 Å². The minimum Gasteiger partial charge on any atom is -0.338 e. The molecule has 0 spiro atoms. The van der Waals surface area contributed by atoms with Crippen LogP contribution in [0.15, 0.2) is 66.1 Å². The number of sulfone groups is 1. The molecule has 0 aliphatic rings. The number of H-pyrrole nitrogens is 2. The lowest BCUT2D eigenvalue weighted by Crippen LogP contribution is -2.18. The molecule has 0 radical (unpaired) electrons. The van der Waals surface area contributed by atoms with Gasteiger partial charge in [-0.05, 0) is 47.5 Å². The van der Waals surface area contributed by atoms with Gasteiger partial charge in [0.05, 0.1) is 29.4 Å². The molecule has 0 aliphatic carbocycles. The van der Waals surface area contributed by atoms with Crippen LogP contribution in [0.5, 0.6) is 0 Å². The van der Waals surface area contributed by atoms with Crippen molar-refractivity contribution in [2.75, 3.05) is 12.5 Å². The second-order valence-corrected chi connectivity index (χ2v) is 12.4. The molecule has 0 unspecified atom stereocenters. The Kier molecular flexibility index (Phi) is 5.22. The van der Waals surface area contributed by atoms with Crippen LogP contribution < -0.4 is 0 Å². The fourth-order valence-electron chi connectivity index (χ4n) is 4.33. The SMILES string of the molecule is CS(=O)(=O)c1ncc(-c2ccc3[nH]nc(-c4cc5c(-c6ccc(F)cc6)ccnc5[nH]4)c3n2)n1S(C)(=O)=O. The molecule has 0 amide bonds. The first-order chi connectivity index (χ1) is 18.0. The third-order valence-electron chi connectivity index (χ3n) is 5.97. The van der Waals surface area contributed by atoms with Gasteiger partial charge in [0, 0.05) is 17.8 Å². The van der Waals surface area contributed by atoms with Crippen molar-refractivity contribution in [3.63, 3.8) is 0 Å². The van der Waals surface area contributed by atoms with Gasteiger partial charge in [0.1, 0.15) is 28.4 Å². The molecule has 5 heterocycles. The highest BCUT2D eigenvalue weighted by molar-refractivity contribution is 7.92. The Morgan fingerprint density at radius 2 is 1.71 bits per heavy atom. The number of imidazole rings is 1. The zero-order chi connectivity index (χ0) is 26.8. The number of aromatic amines is 2. The first-order valence-electron chi connectivity index (χ1n) is 11.1. The highest BCUT2D eigenvalue weighted by atomic mass is 32.2. The molecular weight excluding hydrogens is 533 g/mol. The molecular formula is C24H18FN7O4S2. The fourth-order valence-corrected chi connectivity index (χ4v) is 6.61. The zero-order valence-corrected chi connectivity index (χ0v) is 21.5. The summed E-state index contributed by atoms with van der Waals surface area (Å²) in [6.07, 6.45) is 4.58. The molecule has 0 saturated carbocycles. The molecule has 11 nitrogen and oxygen atoms in total. The van der Waals surface area contributed by atoms with E-state index in [9.17, 15) is 21.2 Å². The summed E-state index contributed by atoms with van der Waals surface area (Å²) >= 11 is 0. The minimum atomic E-state index is -4.03. The van der Waals surface area contributed by atoms with E-state index >= 15 is 0 Å². The summed E-state index contributed by atoms with van der Waals surface area (Å²) in [5.41, 5.74) is 4.45. The smallest absolute Gasteiger partial charge is 0.241 e. The van der Waals surface area contributed by atoms with Gasteiger partial charge in [0.25, 0.3) is 0 Å². The van der Waals surface area contributed by atoms with Gasteiger partial charge in [-0.25, -0.2) is 40.2 Å². The number of nitrogens with zero attached hydrogens (tertiary/aromatic N) is 5. The fraction of sp³-hybridized carbons (Fsp3) is 0.0833. The molecule has 6 aromatic rings. The number of rotatable bonds is 5. The van der Waals surface area contributed by atoms with E-state index in [0.29, 0.717) is 32.0 Å². The number of aromatic nitrogens is 7. The second kappa shape index (κ2) is 8.29. The molecule has 2 N–H and O–H groups in total. The van der Waals surface area contributed by atoms with Gasteiger partial charge >= 0.3 is 0 Å². The third kappa shape index (κ3) is 3.94. The van der Waals surface area contributed by atoms with Crippen LogP contribution in [0.25, 0.3) is 56.0 Å². The summed E-state index contributed by atoms with van der Waals surface area (Å²) in [6.45, 7) is 0.